The van der Waals surface area contributed by atoms with E-state index in [1.54, 1.807) is 6.07 Å². The van der Waals surface area contributed by atoms with Crippen molar-refractivity contribution in [3.8, 4) is 5.75 Å². The molecule has 2 aromatic carbocycles. The fourth-order valence-electron chi connectivity index (χ4n) is 1.75. The SMILES string of the molecule is O=[N+]([O-])c1cc(C/C=C/c2ccc(Br)cc2)ccc1O. The maximum absolute atomic E-state index is 10.7. The Bertz CT molecular complexity index is 651. The number of allylic oxidation sites excluding steroid dienone is 1. The Morgan fingerprint density at radius 3 is 2.55 bits per heavy atom. The summed E-state index contributed by atoms with van der Waals surface area (Å²) >= 11 is 3.37. The van der Waals surface area contributed by atoms with E-state index in [0.717, 1.165) is 15.6 Å². The van der Waals surface area contributed by atoms with Crippen molar-refractivity contribution in [2.24, 2.45) is 0 Å². The Hall–Kier alpha value is -2.14. The Labute approximate surface area is 124 Å². The Morgan fingerprint density at radius 1 is 1.20 bits per heavy atom. The van der Waals surface area contributed by atoms with Gasteiger partial charge in [0.1, 0.15) is 0 Å². The zero-order valence-corrected chi connectivity index (χ0v) is 12.1. The number of phenols is 1. The molecule has 2 aromatic rings. The molecular formula is C15H12BrNO3. The van der Waals surface area contributed by atoms with Gasteiger partial charge in [0, 0.05) is 10.5 Å². The Balaban J connectivity index is 2.09. The summed E-state index contributed by atoms with van der Waals surface area (Å²) in [6, 6.07) is 12.3. The molecule has 0 amide bonds. The van der Waals surface area contributed by atoms with Crippen molar-refractivity contribution < 1.29 is 10.0 Å². The fraction of sp³-hybridized carbons (Fsp3) is 0.0667. The largest absolute Gasteiger partial charge is 0.502 e. The molecule has 0 aromatic heterocycles. The van der Waals surface area contributed by atoms with Crippen LogP contribution in [-0.4, -0.2) is 10.0 Å². The van der Waals surface area contributed by atoms with Crippen molar-refractivity contribution in [3.05, 3.63) is 74.3 Å². The molecule has 5 heteroatoms. The molecule has 0 heterocycles. The summed E-state index contributed by atoms with van der Waals surface area (Å²) in [6.07, 6.45) is 4.45. The molecule has 0 fully saturated rings. The minimum absolute atomic E-state index is 0.264. The van der Waals surface area contributed by atoms with Crippen molar-refractivity contribution in [3.63, 3.8) is 0 Å². The number of halogens is 1. The lowest BCUT2D eigenvalue weighted by atomic mass is 10.1. The molecule has 0 spiro atoms. The van der Waals surface area contributed by atoms with Gasteiger partial charge in [-0.05, 0) is 35.7 Å². The first-order chi connectivity index (χ1) is 9.56. The summed E-state index contributed by atoms with van der Waals surface area (Å²) in [6.45, 7) is 0. The molecule has 4 nitrogen and oxygen atoms in total. The van der Waals surface area contributed by atoms with Gasteiger partial charge in [0.15, 0.2) is 5.75 Å². The lowest BCUT2D eigenvalue weighted by Crippen LogP contribution is -1.90. The number of nitrogens with zero attached hydrogens (tertiary/aromatic N) is 1. The average molecular weight is 334 g/mol. The van der Waals surface area contributed by atoms with Crippen molar-refractivity contribution in [1.82, 2.24) is 0 Å². The molecule has 0 radical (unpaired) electrons. The van der Waals surface area contributed by atoms with Gasteiger partial charge in [-0.3, -0.25) is 10.1 Å². The van der Waals surface area contributed by atoms with E-state index in [4.69, 9.17) is 0 Å². The second kappa shape index (κ2) is 6.34. The highest BCUT2D eigenvalue weighted by Gasteiger charge is 2.12. The molecule has 0 aliphatic heterocycles. The monoisotopic (exact) mass is 333 g/mol. The molecule has 0 aliphatic rings. The second-order valence-corrected chi connectivity index (χ2v) is 5.15. The van der Waals surface area contributed by atoms with Gasteiger partial charge in [-0.25, -0.2) is 0 Å². The first-order valence-corrected chi connectivity index (χ1v) is 6.74. The van der Waals surface area contributed by atoms with Crippen LogP contribution >= 0.6 is 15.9 Å². The van der Waals surface area contributed by atoms with E-state index in [1.807, 2.05) is 36.4 Å². The van der Waals surface area contributed by atoms with E-state index in [1.165, 1.54) is 12.1 Å². The summed E-state index contributed by atoms with van der Waals surface area (Å²) < 4.78 is 1.02. The minimum Gasteiger partial charge on any atom is -0.502 e. The van der Waals surface area contributed by atoms with Crippen LogP contribution in [0.1, 0.15) is 11.1 Å². The maximum Gasteiger partial charge on any atom is 0.310 e. The molecule has 0 unspecified atom stereocenters. The summed E-state index contributed by atoms with van der Waals surface area (Å²) in [5, 5.41) is 20.1. The number of rotatable bonds is 4. The molecule has 1 N–H and O–H groups in total. The highest BCUT2D eigenvalue weighted by atomic mass is 79.9. The van der Waals surface area contributed by atoms with Crippen LogP contribution in [0.3, 0.4) is 0 Å². The predicted octanol–water partition coefficient (Wildman–Crippen LogP) is 4.32. The van der Waals surface area contributed by atoms with Crippen LogP contribution in [0.4, 0.5) is 5.69 Å². The number of hydrogen-bond donors (Lipinski definition) is 1. The topological polar surface area (TPSA) is 63.4 Å². The molecule has 2 rings (SSSR count). The zero-order valence-electron chi connectivity index (χ0n) is 10.5. The number of hydrogen-bond acceptors (Lipinski definition) is 3. The smallest absolute Gasteiger partial charge is 0.310 e. The Kier molecular flexibility index (Phi) is 4.53. The third kappa shape index (κ3) is 3.68. The highest BCUT2D eigenvalue weighted by Crippen LogP contribution is 2.26. The predicted molar refractivity (Wildman–Crippen MR) is 81.6 cm³/mol. The van der Waals surface area contributed by atoms with Gasteiger partial charge in [0.2, 0.25) is 0 Å². The third-order valence-corrected chi connectivity index (χ3v) is 3.30. The third-order valence-electron chi connectivity index (χ3n) is 2.77. The van der Waals surface area contributed by atoms with Crippen LogP contribution in [0, 0.1) is 10.1 Å². The van der Waals surface area contributed by atoms with E-state index < -0.39 is 4.92 Å². The van der Waals surface area contributed by atoms with Crippen LogP contribution in [0.25, 0.3) is 6.08 Å². The number of nitro groups is 1. The van der Waals surface area contributed by atoms with E-state index in [0.29, 0.717) is 6.42 Å². The van der Waals surface area contributed by atoms with Gasteiger partial charge < -0.3 is 5.11 Å². The van der Waals surface area contributed by atoms with E-state index in [-0.39, 0.29) is 11.4 Å². The van der Waals surface area contributed by atoms with Crippen LogP contribution in [-0.2, 0) is 6.42 Å². The number of phenolic OH excluding ortho intramolecular Hbond substituents is 1. The van der Waals surface area contributed by atoms with Gasteiger partial charge >= 0.3 is 5.69 Å². The minimum atomic E-state index is -0.586. The van der Waals surface area contributed by atoms with Gasteiger partial charge in [0.25, 0.3) is 0 Å². The van der Waals surface area contributed by atoms with E-state index >= 15 is 0 Å². The van der Waals surface area contributed by atoms with E-state index in [2.05, 4.69) is 15.9 Å². The normalized spacial score (nSPS) is 10.8. The lowest BCUT2D eigenvalue weighted by Gasteiger charge is -1.99. The summed E-state index contributed by atoms with van der Waals surface area (Å²) in [5.74, 6) is -0.310. The average Bonchev–Trinajstić information content (AvgIpc) is 2.42. The molecule has 0 atom stereocenters. The quantitative estimate of drug-likeness (QED) is 0.669. The second-order valence-electron chi connectivity index (χ2n) is 4.24. The molecular weight excluding hydrogens is 322 g/mol. The summed E-state index contributed by atoms with van der Waals surface area (Å²) in [7, 11) is 0. The van der Waals surface area contributed by atoms with Gasteiger partial charge in [-0.15, -0.1) is 0 Å². The maximum atomic E-state index is 10.7. The number of aromatic hydroxyl groups is 1. The number of benzene rings is 2. The van der Waals surface area contributed by atoms with Crippen molar-refractivity contribution >= 4 is 27.7 Å². The van der Waals surface area contributed by atoms with Crippen LogP contribution in [0.5, 0.6) is 5.75 Å². The molecule has 102 valence electrons. The number of nitro benzene ring substituents is 1. The summed E-state index contributed by atoms with van der Waals surface area (Å²) in [5.41, 5.74) is 1.57. The highest BCUT2D eigenvalue weighted by molar-refractivity contribution is 9.10. The summed E-state index contributed by atoms with van der Waals surface area (Å²) in [4.78, 5) is 10.1. The fourth-order valence-corrected chi connectivity index (χ4v) is 2.01. The van der Waals surface area contributed by atoms with Gasteiger partial charge in [0.05, 0.1) is 4.92 Å². The van der Waals surface area contributed by atoms with Crippen molar-refractivity contribution in [2.45, 2.75) is 6.42 Å². The standard InChI is InChI=1S/C15H12BrNO3/c16-13-7-4-11(5-8-13)2-1-3-12-6-9-15(18)14(10-12)17(19)20/h1-2,4-10,18H,3H2/b2-1+. The zero-order chi connectivity index (χ0) is 14.5. The van der Waals surface area contributed by atoms with Crippen LogP contribution in [0.15, 0.2) is 53.0 Å². The molecule has 0 bridgehead atoms. The first kappa shape index (κ1) is 14.3. The van der Waals surface area contributed by atoms with Crippen LogP contribution in [0.2, 0.25) is 0 Å². The molecule has 0 saturated carbocycles. The Morgan fingerprint density at radius 2 is 1.90 bits per heavy atom. The lowest BCUT2D eigenvalue weighted by molar-refractivity contribution is -0.385. The molecule has 20 heavy (non-hydrogen) atoms. The van der Waals surface area contributed by atoms with Gasteiger partial charge in [-0.1, -0.05) is 46.3 Å². The molecule has 0 saturated heterocycles. The van der Waals surface area contributed by atoms with E-state index in [9.17, 15) is 15.2 Å². The van der Waals surface area contributed by atoms with Crippen molar-refractivity contribution in [1.29, 1.82) is 0 Å². The van der Waals surface area contributed by atoms with Crippen molar-refractivity contribution in [2.75, 3.05) is 0 Å². The van der Waals surface area contributed by atoms with Crippen LogP contribution < -0.4 is 0 Å². The first-order valence-electron chi connectivity index (χ1n) is 5.94. The van der Waals surface area contributed by atoms with Gasteiger partial charge in [-0.2, -0.15) is 0 Å². The molecule has 0 aliphatic carbocycles.